The van der Waals surface area contributed by atoms with Gasteiger partial charge in [-0.15, -0.1) is 0 Å². The lowest BCUT2D eigenvalue weighted by atomic mass is 9.97. The minimum Gasteiger partial charge on any atom is -0.317 e. The topological polar surface area (TPSA) is 28.2 Å². The molecule has 1 fully saturated rings. The predicted octanol–water partition coefficient (Wildman–Crippen LogP) is 2.21. The van der Waals surface area contributed by atoms with Crippen LogP contribution in [0.4, 0.5) is 0 Å². The molecule has 1 atom stereocenters. The predicted molar refractivity (Wildman–Crippen MR) is 75.5 cm³/mol. The van der Waals surface area contributed by atoms with Gasteiger partial charge >= 0.3 is 0 Å². The van der Waals surface area contributed by atoms with Crippen molar-refractivity contribution >= 4 is 0 Å². The summed E-state index contributed by atoms with van der Waals surface area (Å²) in [5, 5.41) is 3.47. The molecule has 0 amide bonds. The second-order valence-corrected chi connectivity index (χ2v) is 5.32. The normalized spacial score (nSPS) is 21.1. The second kappa shape index (κ2) is 6.86. The van der Waals surface area contributed by atoms with E-state index >= 15 is 0 Å². The monoisotopic (exact) mass is 247 g/mol. The number of nitrogens with zero attached hydrogens (tertiary/aromatic N) is 2. The summed E-state index contributed by atoms with van der Waals surface area (Å²) in [6, 6.07) is 4.17. The minimum absolute atomic E-state index is 0.808. The van der Waals surface area contributed by atoms with Crippen molar-refractivity contribution in [1.82, 2.24) is 15.2 Å². The maximum absolute atomic E-state index is 4.50. The average Bonchev–Trinajstić information content (AvgIpc) is 2.40. The Hall–Kier alpha value is -0.930. The molecule has 2 heterocycles. The zero-order valence-corrected chi connectivity index (χ0v) is 11.7. The Labute approximate surface area is 111 Å². The van der Waals surface area contributed by atoms with E-state index in [1.54, 1.807) is 0 Å². The molecule has 0 aromatic carbocycles. The van der Waals surface area contributed by atoms with Crippen molar-refractivity contribution in [2.45, 2.75) is 33.2 Å². The lowest BCUT2D eigenvalue weighted by molar-refractivity contribution is 0.164. The van der Waals surface area contributed by atoms with Gasteiger partial charge in [0.25, 0.3) is 0 Å². The van der Waals surface area contributed by atoms with Crippen molar-refractivity contribution in [2.75, 3.05) is 26.2 Å². The molecule has 0 bridgehead atoms. The molecule has 0 spiro atoms. The third-order valence-corrected chi connectivity index (χ3v) is 3.78. The molecule has 100 valence electrons. The molecule has 1 saturated heterocycles. The summed E-state index contributed by atoms with van der Waals surface area (Å²) in [6.07, 6.45) is 4.59. The zero-order valence-electron chi connectivity index (χ0n) is 11.7. The molecule has 1 aromatic rings. The number of hydrogen-bond donors (Lipinski definition) is 1. The van der Waals surface area contributed by atoms with E-state index in [0.717, 1.165) is 25.6 Å². The fourth-order valence-corrected chi connectivity index (χ4v) is 2.71. The fraction of sp³-hybridized carbons (Fsp3) is 0.667. The summed E-state index contributed by atoms with van der Waals surface area (Å²) in [5.41, 5.74) is 2.55. The van der Waals surface area contributed by atoms with E-state index in [1.807, 2.05) is 12.3 Å². The molecule has 0 saturated carbocycles. The molecule has 3 heteroatoms. The van der Waals surface area contributed by atoms with Crippen molar-refractivity contribution in [3.63, 3.8) is 0 Å². The van der Waals surface area contributed by atoms with Gasteiger partial charge in [-0.3, -0.25) is 9.88 Å². The fourth-order valence-electron chi connectivity index (χ4n) is 2.71. The van der Waals surface area contributed by atoms with Crippen LogP contribution < -0.4 is 5.32 Å². The largest absolute Gasteiger partial charge is 0.317 e. The van der Waals surface area contributed by atoms with Gasteiger partial charge in [-0.25, -0.2) is 0 Å². The molecule has 1 aliphatic heterocycles. The molecule has 1 aromatic heterocycles. The SMILES string of the molecule is CCNCC1CCCN(Cc2ncccc2C)C1. The van der Waals surface area contributed by atoms with E-state index in [1.165, 1.54) is 37.2 Å². The Morgan fingerprint density at radius 2 is 2.39 bits per heavy atom. The van der Waals surface area contributed by atoms with E-state index in [4.69, 9.17) is 0 Å². The first-order chi connectivity index (χ1) is 8.79. The van der Waals surface area contributed by atoms with Crippen LogP contribution in [0.5, 0.6) is 0 Å². The highest BCUT2D eigenvalue weighted by atomic mass is 15.1. The van der Waals surface area contributed by atoms with Crippen molar-refractivity contribution < 1.29 is 0 Å². The van der Waals surface area contributed by atoms with Crippen molar-refractivity contribution in [2.24, 2.45) is 5.92 Å². The van der Waals surface area contributed by atoms with Crippen molar-refractivity contribution in [1.29, 1.82) is 0 Å². The number of aromatic nitrogens is 1. The highest BCUT2D eigenvalue weighted by Crippen LogP contribution is 2.18. The Kier molecular flexibility index (Phi) is 5.14. The first kappa shape index (κ1) is 13.5. The Bertz CT molecular complexity index is 365. The average molecular weight is 247 g/mol. The van der Waals surface area contributed by atoms with E-state index in [9.17, 15) is 0 Å². The van der Waals surface area contributed by atoms with E-state index in [-0.39, 0.29) is 0 Å². The summed E-state index contributed by atoms with van der Waals surface area (Å²) < 4.78 is 0. The van der Waals surface area contributed by atoms with E-state index < -0.39 is 0 Å². The molecule has 0 radical (unpaired) electrons. The van der Waals surface area contributed by atoms with E-state index in [2.05, 4.69) is 35.1 Å². The Morgan fingerprint density at radius 1 is 1.50 bits per heavy atom. The van der Waals surface area contributed by atoms with Gasteiger partial charge in [-0.05, 0) is 56.9 Å². The number of piperidine rings is 1. The Balaban J connectivity index is 1.87. The first-order valence-corrected chi connectivity index (χ1v) is 7.13. The minimum atomic E-state index is 0.808. The number of pyridine rings is 1. The second-order valence-electron chi connectivity index (χ2n) is 5.32. The number of rotatable bonds is 5. The van der Waals surface area contributed by atoms with Crippen LogP contribution in [0.1, 0.15) is 31.0 Å². The third-order valence-electron chi connectivity index (χ3n) is 3.78. The van der Waals surface area contributed by atoms with Crippen LogP contribution in [0, 0.1) is 12.8 Å². The third kappa shape index (κ3) is 3.79. The molecule has 1 unspecified atom stereocenters. The van der Waals surface area contributed by atoms with Gasteiger partial charge < -0.3 is 5.32 Å². The van der Waals surface area contributed by atoms with Gasteiger partial charge in [0.2, 0.25) is 0 Å². The van der Waals surface area contributed by atoms with Gasteiger partial charge in [-0.2, -0.15) is 0 Å². The number of aryl methyl sites for hydroxylation is 1. The van der Waals surface area contributed by atoms with Crippen LogP contribution in [-0.4, -0.2) is 36.1 Å². The molecule has 1 aliphatic rings. The highest BCUT2D eigenvalue weighted by molar-refractivity contribution is 5.17. The molecule has 2 rings (SSSR count). The maximum Gasteiger partial charge on any atom is 0.0573 e. The maximum atomic E-state index is 4.50. The molecule has 18 heavy (non-hydrogen) atoms. The standard InChI is InChI=1S/C15H25N3/c1-3-16-10-14-7-5-9-18(11-14)12-15-13(2)6-4-8-17-15/h4,6,8,14,16H,3,5,7,9-12H2,1-2H3. The summed E-state index contributed by atoms with van der Waals surface area (Å²) in [5.74, 6) is 0.808. The van der Waals surface area contributed by atoms with Crippen molar-refractivity contribution in [3.05, 3.63) is 29.6 Å². The number of likely N-dealkylation sites (tertiary alicyclic amines) is 1. The van der Waals surface area contributed by atoms with Crippen molar-refractivity contribution in [3.8, 4) is 0 Å². The van der Waals surface area contributed by atoms with Gasteiger partial charge in [0.1, 0.15) is 0 Å². The molecular formula is C15H25N3. The highest BCUT2D eigenvalue weighted by Gasteiger charge is 2.20. The summed E-state index contributed by atoms with van der Waals surface area (Å²) in [4.78, 5) is 7.06. The number of nitrogens with one attached hydrogen (secondary N) is 1. The van der Waals surface area contributed by atoms with Gasteiger partial charge in [-0.1, -0.05) is 13.0 Å². The lowest BCUT2D eigenvalue weighted by Crippen LogP contribution is -2.39. The quantitative estimate of drug-likeness (QED) is 0.864. The van der Waals surface area contributed by atoms with Gasteiger partial charge in [0.05, 0.1) is 5.69 Å². The molecule has 3 nitrogen and oxygen atoms in total. The summed E-state index contributed by atoms with van der Waals surface area (Å²) in [6.45, 7) is 10.0. The van der Waals surface area contributed by atoms with Crippen LogP contribution >= 0.6 is 0 Å². The smallest absolute Gasteiger partial charge is 0.0573 e. The van der Waals surface area contributed by atoms with Gasteiger partial charge in [0, 0.05) is 19.3 Å². The Morgan fingerprint density at radius 3 is 3.17 bits per heavy atom. The van der Waals surface area contributed by atoms with E-state index in [0.29, 0.717) is 0 Å². The number of hydrogen-bond acceptors (Lipinski definition) is 3. The van der Waals surface area contributed by atoms with Gasteiger partial charge in [0.15, 0.2) is 0 Å². The van der Waals surface area contributed by atoms with Crippen LogP contribution in [0.2, 0.25) is 0 Å². The zero-order chi connectivity index (χ0) is 12.8. The lowest BCUT2D eigenvalue weighted by Gasteiger charge is -2.32. The van der Waals surface area contributed by atoms with Crippen LogP contribution in [-0.2, 0) is 6.54 Å². The summed E-state index contributed by atoms with van der Waals surface area (Å²) in [7, 11) is 0. The summed E-state index contributed by atoms with van der Waals surface area (Å²) >= 11 is 0. The van der Waals surface area contributed by atoms with Crippen LogP contribution in [0.3, 0.4) is 0 Å². The molecule has 1 N–H and O–H groups in total. The molecular weight excluding hydrogens is 222 g/mol. The van der Waals surface area contributed by atoms with Crippen LogP contribution in [0.15, 0.2) is 18.3 Å². The van der Waals surface area contributed by atoms with Crippen LogP contribution in [0.25, 0.3) is 0 Å². The molecule has 0 aliphatic carbocycles. The first-order valence-electron chi connectivity index (χ1n) is 7.13.